The standard InChI is InChI=1S/C9H13N3O2/c1-6(2)14-9(13)8(10)7-5-11-3-4-12-7/h3-6,8H,10H2,1-2H3. The number of hydrogen-bond acceptors (Lipinski definition) is 5. The first-order valence-corrected chi connectivity index (χ1v) is 4.33. The molecule has 76 valence electrons. The summed E-state index contributed by atoms with van der Waals surface area (Å²) in [6, 6.07) is -0.855. The summed E-state index contributed by atoms with van der Waals surface area (Å²) in [5.41, 5.74) is 6.02. The summed E-state index contributed by atoms with van der Waals surface area (Å²) < 4.78 is 4.93. The van der Waals surface area contributed by atoms with Crippen molar-refractivity contribution in [3.63, 3.8) is 0 Å². The van der Waals surface area contributed by atoms with Crippen LogP contribution in [0.4, 0.5) is 0 Å². The fraction of sp³-hybridized carbons (Fsp3) is 0.444. The Bertz CT molecular complexity index is 300. The molecule has 0 spiro atoms. The second kappa shape index (κ2) is 4.66. The van der Waals surface area contributed by atoms with Crippen molar-refractivity contribution in [2.24, 2.45) is 5.73 Å². The molecule has 2 N–H and O–H groups in total. The normalized spacial score (nSPS) is 12.6. The molecule has 1 atom stereocenters. The first-order chi connectivity index (χ1) is 6.61. The van der Waals surface area contributed by atoms with Crippen molar-refractivity contribution in [1.29, 1.82) is 0 Å². The van der Waals surface area contributed by atoms with Crippen LogP contribution in [0.25, 0.3) is 0 Å². The molecule has 0 amide bonds. The average molecular weight is 195 g/mol. The minimum absolute atomic E-state index is 0.176. The van der Waals surface area contributed by atoms with Crippen molar-refractivity contribution in [3.05, 3.63) is 24.3 Å². The van der Waals surface area contributed by atoms with Crippen LogP contribution in [0.3, 0.4) is 0 Å². The summed E-state index contributed by atoms with van der Waals surface area (Å²) in [6.45, 7) is 3.53. The molecule has 0 aliphatic rings. The molecule has 0 fully saturated rings. The maximum absolute atomic E-state index is 11.3. The van der Waals surface area contributed by atoms with E-state index in [1.165, 1.54) is 18.6 Å². The third-order valence-electron chi connectivity index (χ3n) is 1.51. The molecule has 0 radical (unpaired) electrons. The Balaban J connectivity index is 2.66. The van der Waals surface area contributed by atoms with Gasteiger partial charge in [-0.05, 0) is 13.8 Å². The molecule has 1 aromatic heterocycles. The molecule has 1 heterocycles. The lowest BCUT2D eigenvalue weighted by atomic mass is 10.2. The molecule has 1 unspecified atom stereocenters. The van der Waals surface area contributed by atoms with E-state index in [-0.39, 0.29) is 6.10 Å². The maximum Gasteiger partial charge on any atom is 0.329 e. The number of esters is 1. The van der Waals surface area contributed by atoms with Gasteiger partial charge in [-0.15, -0.1) is 0 Å². The molecule has 0 saturated carbocycles. The van der Waals surface area contributed by atoms with Crippen molar-refractivity contribution in [3.8, 4) is 0 Å². The summed E-state index contributed by atoms with van der Waals surface area (Å²) in [5.74, 6) is -0.486. The van der Waals surface area contributed by atoms with Gasteiger partial charge in [-0.25, -0.2) is 4.79 Å². The Morgan fingerprint density at radius 1 is 1.50 bits per heavy atom. The lowest BCUT2D eigenvalue weighted by Gasteiger charge is -2.12. The average Bonchev–Trinajstić information content (AvgIpc) is 2.17. The molecule has 1 rings (SSSR count). The van der Waals surface area contributed by atoms with E-state index in [1.807, 2.05) is 0 Å². The Morgan fingerprint density at radius 2 is 2.21 bits per heavy atom. The highest BCUT2D eigenvalue weighted by atomic mass is 16.5. The molecule has 0 saturated heterocycles. The maximum atomic E-state index is 11.3. The third-order valence-corrected chi connectivity index (χ3v) is 1.51. The summed E-state index contributed by atoms with van der Waals surface area (Å²) in [6.07, 6.45) is 4.28. The van der Waals surface area contributed by atoms with Gasteiger partial charge < -0.3 is 10.5 Å². The van der Waals surface area contributed by atoms with Crippen molar-refractivity contribution in [1.82, 2.24) is 9.97 Å². The van der Waals surface area contributed by atoms with Crippen LogP contribution in [0.15, 0.2) is 18.6 Å². The fourth-order valence-corrected chi connectivity index (χ4v) is 0.898. The van der Waals surface area contributed by atoms with Gasteiger partial charge in [0.1, 0.15) is 6.04 Å². The number of hydrogen-bond donors (Lipinski definition) is 1. The Labute approximate surface area is 82.3 Å². The van der Waals surface area contributed by atoms with Gasteiger partial charge in [-0.3, -0.25) is 9.97 Å². The zero-order chi connectivity index (χ0) is 10.6. The molecule has 0 aromatic carbocycles. The van der Waals surface area contributed by atoms with E-state index in [1.54, 1.807) is 13.8 Å². The number of ether oxygens (including phenoxy) is 1. The van der Waals surface area contributed by atoms with Crippen LogP contribution in [-0.2, 0) is 9.53 Å². The minimum atomic E-state index is -0.855. The summed E-state index contributed by atoms with van der Waals surface area (Å²) in [5, 5.41) is 0. The van der Waals surface area contributed by atoms with Gasteiger partial charge in [0.05, 0.1) is 18.0 Å². The monoisotopic (exact) mass is 195 g/mol. The van der Waals surface area contributed by atoms with Gasteiger partial charge in [-0.1, -0.05) is 0 Å². The Kier molecular flexibility index (Phi) is 3.53. The SMILES string of the molecule is CC(C)OC(=O)C(N)c1cnccn1. The van der Waals surface area contributed by atoms with Gasteiger partial charge in [0.25, 0.3) is 0 Å². The topological polar surface area (TPSA) is 78.1 Å². The highest BCUT2D eigenvalue weighted by Crippen LogP contribution is 2.07. The lowest BCUT2D eigenvalue weighted by Crippen LogP contribution is -2.26. The predicted octanol–water partition coefficient (Wildman–Crippen LogP) is 0.428. The van der Waals surface area contributed by atoms with E-state index in [9.17, 15) is 4.79 Å². The summed E-state index contributed by atoms with van der Waals surface area (Å²) in [4.78, 5) is 19.1. The van der Waals surface area contributed by atoms with Crippen LogP contribution in [0.1, 0.15) is 25.6 Å². The molecule has 0 aliphatic carbocycles. The second-order valence-corrected chi connectivity index (χ2v) is 3.09. The first kappa shape index (κ1) is 10.6. The largest absolute Gasteiger partial charge is 0.462 e. The molecule has 0 bridgehead atoms. The number of carbonyl (C=O) groups is 1. The number of carbonyl (C=O) groups excluding carboxylic acids is 1. The van der Waals surface area contributed by atoms with E-state index in [0.29, 0.717) is 5.69 Å². The van der Waals surface area contributed by atoms with E-state index < -0.39 is 12.0 Å². The van der Waals surface area contributed by atoms with Crippen LogP contribution in [-0.4, -0.2) is 22.0 Å². The van der Waals surface area contributed by atoms with Crippen LogP contribution < -0.4 is 5.73 Å². The van der Waals surface area contributed by atoms with Crippen molar-refractivity contribution in [2.45, 2.75) is 26.0 Å². The van der Waals surface area contributed by atoms with Gasteiger partial charge in [0, 0.05) is 12.4 Å². The molecule has 1 aromatic rings. The number of rotatable bonds is 3. The first-order valence-electron chi connectivity index (χ1n) is 4.33. The van der Waals surface area contributed by atoms with Crippen LogP contribution in [0, 0.1) is 0 Å². The van der Waals surface area contributed by atoms with Crippen LogP contribution in [0.2, 0.25) is 0 Å². The van der Waals surface area contributed by atoms with E-state index in [2.05, 4.69) is 9.97 Å². The van der Waals surface area contributed by atoms with Gasteiger partial charge in [0.2, 0.25) is 0 Å². The van der Waals surface area contributed by atoms with Gasteiger partial charge >= 0.3 is 5.97 Å². The molecular formula is C9H13N3O2. The predicted molar refractivity (Wildman–Crippen MR) is 50.2 cm³/mol. The van der Waals surface area contributed by atoms with Crippen molar-refractivity contribution >= 4 is 5.97 Å². The summed E-state index contributed by atoms with van der Waals surface area (Å²) in [7, 11) is 0. The third kappa shape index (κ3) is 2.77. The molecule has 5 nitrogen and oxygen atoms in total. The van der Waals surface area contributed by atoms with Crippen LogP contribution >= 0.6 is 0 Å². The number of aromatic nitrogens is 2. The lowest BCUT2D eigenvalue weighted by molar-refractivity contribution is -0.149. The highest BCUT2D eigenvalue weighted by Gasteiger charge is 2.19. The second-order valence-electron chi connectivity index (χ2n) is 3.09. The molecule has 5 heteroatoms. The zero-order valence-electron chi connectivity index (χ0n) is 8.18. The summed E-state index contributed by atoms with van der Waals surface area (Å²) >= 11 is 0. The zero-order valence-corrected chi connectivity index (χ0v) is 8.18. The van der Waals surface area contributed by atoms with Crippen molar-refractivity contribution < 1.29 is 9.53 Å². The Morgan fingerprint density at radius 3 is 2.71 bits per heavy atom. The molecule has 0 aliphatic heterocycles. The minimum Gasteiger partial charge on any atom is -0.462 e. The van der Waals surface area contributed by atoms with Crippen LogP contribution in [0.5, 0.6) is 0 Å². The molecular weight excluding hydrogens is 182 g/mol. The van der Waals surface area contributed by atoms with E-state index >= 15 is 0 Å². The highest BCUT2D eigenvalue weighted by molar-refractivity contribution is 5.76. The van der Waals surface area contributed by atoms with E-state index in [4.69, 9.17) is 10.5 Å². The smallest absolute Gasteiger partial charge is 0.329 e. The molecule has 14 heavy (non-hydrogen) atoms. The van der Waals surface area contributed by atoms with E-state index in [0.717, 1.165) is 0 Å². The van der Waals surface area contributed by atoms with Gasteiger partial charge in [-0.2, -0.15) is 0 Å². The fourth-order valence-electron chi connectivity index (χ4n) is 0.898. The quantitative estimate of drug-likeness (QED) is 0.707. The number of nitrogens with two attached hydrogens (primary N) is 1. The Hall–Kier alpha value is -1.49. The van der Waals surface area contributed by atoms with Gasteiger partial charge in [0.15, 0.2) is 0 Å². The number of nitrogens with zero attached hydrogens (tertiary/aromatic N) is 2. The van der Waals surface area contributed by atoms with Crippen molar-refractivity contribution in [2.75, 3.05) is 0 Å².